The molecule has 0 spiro atoms. The Hall–Kier alpha value is -2.11. The van der Waals surface area contributed by atoms with Crippen LogP contribution >= 0.6 is 0 Å². The van der Waals surface area contributed by atoms with E-state index in [4.69, 9.17) is 5.73 Å². The highest BCUT2D eigenvalue weighted by Gasteiger charge is 2.46. The maximum Gasteiger partial charge on any atom is 0.393 e. The van der Waals surface area contributed by atoms with Crippen molar-refractivity contribution in [2.45, 2.75) is 58.2 Å². The van der Waals surface area contributed by atoms with Crippen LogP contribution < -0.4 is 16.4 Å². The largest absolute Gasteiger partial charge is 0.399 e. The molecule has 0 heterocycles. The van der Waals surface area contributed by atoms with Crippen LogP contribution in [0, 0.1) is 5.41 Å². The summed E-state index contributed by atoms with van der Waals surface area (Å²) < 4.78 is 38.5. The number of hydrogen-bond donors (Lipinski definition) is 3. The van der Waals surface area contributed by atoms with Crippen molar-refractivity contribution in [3.05, 3.63) is 48.3 Å². The minimum absolute atomic E-state index is 0.0999. The zero-order valence-corrected chi connectivity index (χ0v) is 15.7. The molecule has 3 nitrogen and oxygen atoms in total. The average molecular weight is 367 g/mol. The molecule has 144 valence electrons. The molecule has 1 saturated carbocycles. The van der Waals surface area contributed by atoms with Gasteiger partial charge in [-0.25, -0.2) is 0 Å². The molecule has 0 atom stereocenters. The minimum Gasteiger partial charge on any atom is -0.399 e. The first kappa shape index (κ1) is 20.2. The smallest absolute Gasteiger partial charge is 0.393 e. The van der Waals surface area contributed by atoms with Crippen molar-refractivity contribution < 1.29 is 13.2 Å². The summed E-state index contributed by atoms with van der Waals surface area (Å²) in [5.74, 6) is 0. The molecule has 1 aliphatic carbocycles. The molecule has 0 aromatic heterocycles. The first-order valence-corrected chi connectivity index (χ1v) is 8.67. The van der Waals surface area contributed by atoms with Crippen LogP contribution in [-0.4, -0.2) is 11.7 Å². The number of nitrogens with one attached hydrogen (secondary N) is 2. The Morgan fingerprint density at radius 1 is 1.19 bits per heavy atom. The first-order chi connectivity index (χ1) is 11.8. The molecule has 1 fully saturated rings. The Bertz CT molecular complexity index is 695. The molecule has 2 rings (SSSR count). The Morgan fingerprint density at radius 2 is 1.81 bits per heavy atom. The van der Waals surface area contributed by atoms with E-state index >= 15 is 0 Å². The molecule has 6 heteroatoms. The normalized spacial score (nSPS) is 16.1. The number of rotatable bonds is 7. The molecule has 1 aliphatic rings. The molecule has 0 amide bonds. The highest BCUT2D eigenvalue weighted by Crippen LogP contribution is 2.44. The molecule has 1 aromatic rings. The van der Waals surface area contributed by atoms with Gasteiger partial charge in [0.25, 0.3) is 0 Å². The van der Waals surface area contributed by atoms with Crippen LogP contribution in [0.5, 0.6) is 0 Å². The highest BCUT2D eigenvalue weighted by molar-refractivity contribution is 5.63. The molecule has 0 saturated heterocycles. The van der Waals surface area contributed by atoms with E-state index in [9.17, 15) is 13.2 Å². The Morgan fingerprint density at radius 3 is 2.31 bits per heavy atom. The van der Waals surface area contributed by atoms with E-state index in [-0.39, 0.29) is 16.5 Å². The van der Waals surface area contributed by atoms with Crippen molar-refractivity contribution in [2.24, 2.45) is 5.41 Å². The van der Waals surface area contributed by atoms with Gasteiger partial charge >= 0.3 is 6.18 Å². The second kappa shape index (κ2) is 6.89. The first-order valence-electron chi connectivity index (χ1n) is 8.67. The molecule has 0 radical (unpaired) electrons. The molecule has 0 unspecified atom stereocenters. The maximum absolute atomic E-state index is 12.8. The summed E-state index contributed by atoms with van der Waals surface area (Å²) in [6, 6.07) is 4.40. The number of allylic oxidation sites excluding steroid dienone is 1. The van der Waals surface area contributed by atoms with Gasteiger partial charge in [-0.2, -0.15) is 13.2 Å². The second-order valence-corrected chi connectivity index (χ2v) is 8.36. The second-order valence-electron chi connectivity index (χ2n) is 8.36. The predicted octanol–water partition coefficient (Wildman–Crippen LogP) is 5.37. The fourth-order valence-electron chi connectivity index (χ4n) is 3.01. The van der Waals surface area contributed by atoms with E-state index in [1.807, 2.05) is 0 Å². The van der Waals surface area contributed by atoms with Crippen LogP contribution in [0.3, 0.4) is 0 Å². The van der Waals surface area contributed by atoms with E-state index < -0.39 is 12.6 Å². The number of alkyl halides is 3. The van der Waals surface area contributed by atoms with Gasteiger partial charge in [-0.05, 0) is 42.4 Å². The van der Waals surface area contributed by atoms with Crippen LogP contribution in [-0.2, 0) is 6.42 Å². The van der Waals surface area contributed by atoms with E-state index in [1.165, 1.54) is 18.2 Å². The molecule has 1 aromatic carbocycles. The van der Waals surface area contributed by atoms with Gasteiger partial charge in [0, 0.05) is 22.8 Å². The Balaban J connectivity index is 2.12. The molecule has 26 heavy (non-hydrogen) atoms. The van der Waals surface area contributed by atoms with Crippen LogP contribution in [0.15, 0.2) is 42.8 Å². The molecule has 4 N–H and O–H groups in total. The average Bonchev–Trinajstić information content (AvgIpc) is 3.19. The summed E-state index contributed by atoms with van der Waals surface area (Å²) in [6.07, 6.45) is -2.78. The zero-order valence-electron chi connectivity index (χ0n) is 15.7. The highest BCUT2D eigenvalue weighted by atomic mass is 19.4. The van der Waals surface area contributed by atoms with Crippen LogP contribution in [0.1, 0.15) is 45.6 Å². The summed E-state index contributed by atoms with van der Waals surface area (Å²) >= 11 is 0. The fraction of sp³-hybridized carbons (Fsp3) is 0.500. The number of halogens is 3. The van der Waals surface area contributed by atoms with Crippen molar-refractivity contribution in [3.63, 3.8) is 0 Å². The van der Waals surface area contributed by atoms with Crippen molar-refractivity contribution in [1.82, 2.24) is 5.32 Å². The van der Waals surface area contributed by atoms with Gasteiger partial charge in [0.15, 0.2) is 0 Å². The van der Waals surface area contributed by atoms with E-state index in [0.717, 1.165) is 25.0 Å². The zero-order chi connectivity index (χ0) is 19.8. The monoisotopic (exact) mass is 367 g/mol. The van der Waals surface area contributed by atoms with Crippen LogP contribution in [0.25, 0.3) is 0 Å². The van der Waals surface area contributed by atoms with Gasteiger partial charge in [0.05, 0.1) is 12.0 Å². The lowest BCUT2D eigenvalue weighted by molar-refractivity contribution is -0.127. The number of hydrogen-bond acceptors (Lipinski definition) is 3. The summed E-state index contributed by atoms with van der Waals surface area (Å²) in [5.41, 5.74) is 7.95. The number of anilines is 2. The lowest BCUT2D eigenvalue weighted by Crippen LogP contribution is -2.36. The minimum atomic E-state index is -4.29. The summed E-state index contributed by atoms with van der Waals surface area (Å²) in [5, 5.41) is 6.48. The third kappa shape index (κ3) is 5.71. The van der Waals surface area contributed by atoms with E-state index in [1.54, 1.807) is 0 Å². The number of nitrogens with two attached hydrogens (primary N) is 1. The number of benzene rings is 1. The fourth-order valence-corrected chi connectivity index (χ4v) is 3.01. The van der Waals surface area contributed by atoms with Gasteiger partial charge in [-0.3, -0.25) is 0 Å². The lowest BCUT2D eigenvalue weighted by Gasteiger charge is -2.28. The van der Waals surface area contributed by atoms with Crippen LogP contribution in [0.4, 0.5) is 24.5 Å². The van der Waals surface area contributed by atoms with Crippen molar-refractivity contribution in [3.8, 4) is 0 Å². The molecular formula is C20H28F3N3. The van der Waals surface area contributed by atoms with Gasteiger partial charge in [0.1, 0.15) is 0 Å². The van der Waals surface area contributed by atoms with Gasteiger partial charge in [0.2, 0.25) is 0 Å². The van der Waals surface area contributed by atoms with Gasteiger partial charge in [-0.15, -0.1) is 0 Å². The summed E-state index contributed by atoms with van der Waals surface area (Å²) in [7, 11) is 0. The Labute approximate surface area is 153 Å². The maximum atomic E-state index is 12.8. The lowest BCUT2D eigenvalue weighted by atomic mass is 9.90. The van der Waals surface area contributed by atoms with Crippen molar-refractivity contribution in [1.29, 1.82) is 0 Å². The summed E-state index contributed by atoms with van der Waals surface area (Å²) in [6.45, 7) is 14.5. The number of nitrogen functional groups attached to an aromatic ring is 1. The Kier molecular flexibility index (Phi) is 5.36. The van der Waals surface area contributed by atoms with E-state index in [2.05, 4.69) is 44.6 Å². The molecular weight excluding hydrogens is 339 g/mol. The SMILES string of the molecule is C=C(CC(C)(C)C)NC1(C(=C)Nc2cc(N)ccc2CC(F)(F)F)CC1. The topological polar surface area (TPSA) is 50.1 Å². The van der Waals surface area contributed by atoms with E-state index in [0.29, 0.717) is 17.1 Å². The third-order valence-electron chi connectivity index (χ3n) is 4.30. The quantitative estimate of drug-likeness (QED) is 0.568. The standard InChI is InChI=1S/C20H28F3N3/c1-13(11-18(3,4)5)26-19(8-9-19)14(2)25-17-10-16(24)7-6-15(17)12-20(21,22)23/h6-7,10,25-26H,1-2,8-9,11-12,24H2,3-5H3. The van der Waals surface area contributed by atoms with Crippen molar-refractivity contribution >= 4 is 11.4 Å². The van der Waals surface area contributed by atoms with Crippen LogP contribution in [0.2, 0.25) is 0 Å². The van der Waals surface area contributed by atoms with Gasteiger partial charge in [-0.1, -0.05) is 40.0 Å². The predicted molar refractivity (Wildman–Crippen MR) is 102 cm³/mol. The molecule has 0 bridgehead atoms. The third-order valence-corrected chi connectivity index (χ3v) is 4.30. The van der Waals surface area contributed by atoms with Crippen molar-refractivity contribution in [2.75, 3.05) is 11.1 Å². The molecule has 0 aliphatic heterocycles. The van der Waals surface area contributed by atoms with Gasteiger partial charge < -0.3 is 16.4 Å². The summed E-state index contributed by atoms with van der Waals surface area (Å²) in [4.78, 5) is 0.